The monoisotopic (exact) mass is 303 g/mol. The Labute approximate surface area is 127 Å². The lowest BCUT2D eigenvalue weighted by molar-refractivity contribution is -0.137. The summed E-state index contributed by atoms with van der Waals surface area (Å²) >= 11 is 0. The summed E-state index contributed by atoms with van der Waals surface area (Å²) in [6, 6.07) is 9.62. The molecule has 2 rings (SSSR count). The Morgan fingerprint density at radius 3 is 2.73 bits per heavy atom. The molecule has 2 aromatic rings. The largest absolute Gasteiger partial charge is 0.480 e. The van der Waals surface area contributed by atoms with Crippen molar-refractivity contribution >= 4 is 17.8 Å². The molecule has 2 amide bonds. The quantitative estimate of drug-likeness (QED) is 0.664. The molecule has 8 nitrogen and oxygen atoms in total. The number of aromatic nitrogens is 3. The summed E-state index contributed by atoms with van der Waals surface area (Å²) in [4.78, 5) is 22.1. The summed E-state index contributed by atoms with van der Waals surface area (Å²) in [7, 11) is 0. The number of nitrogens with one attached hydrogen (secondary N) is 2. The normalized spacial score (nSPS) is 10.2. The Hall–Kier alpha value is -2.90. The number of aryl methyl sites for hydroxylation is 1. The number of carboxylic acid groups (broad SMARTS) is 1. The van der Waals surface area contributed by atoms with Crippen molar-refractivity contribution in [3.8, 4) is 0 Å². The van der Waals surface area contributed by atoms with Crippen molar-refractivity contribution in [1.29, 1.82) is 0 Å². The zero-order valence-electron chi connectivity index (χ0n) is 11.9. The maximum atomic E-state index is 11.6. The number of carboxylic acids is 1. The average Bonchev–Trinajstić information content (AvgIpc) is 2.91. The predicted molar refractivity (Wildman–Crippen MR) is 79.4 cm³/mol. The number of hydrogen-bond acceptors (Lipinski definition) is 4. The molecular weight excluding hydrogens is 286 g/mol. The van der Waals surface area contributed by atoms with Gasteiger partial charge in [0.2, 0.25) is 0 Å². The molecular formula is C14H17N5O3. The van der Waals surface area contributed by atoms with Gasteiger partial charge in [0.05, 0.1) is 6.20 Å². The third kappa shape index (κ3) is 5.23. The maximum absolute atomic E-state index is 11.6. The fraction of sp³-hybridized carbons (Fsp3) is 0.286. The molecule has 22 heavy (non-hydrogen) atoms. The number of anilines is 1. The number of urea groups is 1. The minimum Gasteiger partial charge on any atom is -0.480 e. The van der Waals surface area contributed by atoms with E-state index in [1.807, 2.05) is 30.3 Å². The van der Waals surface area contributed by atoms with Crippen LogP contribution in [0.25, 0.3) is 0 Å². The lowest BCUT2D eigenvalue weighted by Crippen LogP contribution is -2.29. The maximum Gasteiger partial charge on any atom is 0.325 e. The first-order valence-corrected chi connectivity index (χ1v) is 6.84. The molecule has 3 N–H and O–H groups in total. The smallest absolute Gasteiger partial charge is 0.325 e. The van der Waals surface area contributed by atoms with E-state index in [2.05, 4.69) is 20.9 Å². The van der Waals surface area contributed by atoms with Gasteiger partial charge in [0.25, 0.3) is 0 Å². The molecule has 0 fully saturated rings. The molecule has 0 atom stereocenters. The van der Waals surface area contributed by atoms with Gasteiger partial charge in [-0.3, -0.25) is 10.1 Å². The number of aliphatic carboxylic acids is 1. The number of rotatable bonds is 7. The van der Waals surface area contributed by atoms with E-state index >= 15 is 0 Å². The van der Waals surface area contributed by atoms with E-state index < -0.39 is 12.0 Å². The van der Waals surface area contributed by atoms with Crippen LogP contribution in [0.5, 0.6) is 0 Å². The lowest BCUT2D eigenvalue weighted by Gasteiger charge is -2.05. The van der Waals surface area contributed by atoms with Gasteiger partial charge in [-0.25, -0.2) is 9.48 Å². The van der Waals surface area contributed by atoms with Crippen LogP contribution in [-0.4, -0.2) is 38.6 Å². The van der Waals surface area contributed by atoms with Crippen LogP contribution in [0.4, 0.5) is 10.6 Å². The van der Waals surface area contributed by atoms with Gasteiger partial charge in [0.15, 0.2) is 5.82 Å². The third-order valence-corrected chi connectivity index (χ3v) is 2.85. The summed E-state index contributed by atoms with van der Waals surface area (Å²) in [6.07, 6.45) is 3.07. The van der Waals surface area contributed by atoms with Gasteiger partial charge in [-0.1, -0.05) is 35.5 Å². The summed E-state index contributed by atoms with van der Waals surface area (Å²) in [6.45, 7) is 0.233. The topological polar surface area (TPSA) is 109 Å². The average molecular weight is 303 g/mol. The van der Waals surface area contributed by atoms with Crippen molar-refractivity contribution in [2.24, 2.45) is 0 Å². The lowest BCUT2D eigenvalue weighted by atomic mass is 10.1. The van der Waals surface area contributed by atoms with Gasteiger partial charge < -0.3 is 10.4 Å². The first-order chi connectivity index (χ1) is 10.6. The summed E-state index contributed by atoms with van der Waals surface area (Å²) in [5.74, 6) is -0.816. The zero-order chi connectivity index (χ0) is 15.8. The van der Waals surface area contributed by atoms with Crippen molar-refractivity contribution < 1.29 is 14.7 Å². The number of amides is 2. The van der Waals surface area contributed by atoms with Crippen molar-refractivity contribution in [3.05, 3.63) is 42.1 Å². The molecule has 0 spiro atoms. The zero-order valence-corrected chi connectivity index (χ0v) is 11.9. The van der Waals surface area contributed by atoms with Crippen LogP contribution in [0.1, 0.15) is 12.0 Å². The molecule has 0 aliphatic rings. The van der Waals surface area contributed by atoms with Crippen molar-refractivity contribution in [1.82, 2.24) is 20.3 Å². The summed E-state index contributed by atoms with van der Waals surface area (Å²) in [5, 5.41) is 21.1. The van der Waals surface area contributed by atoms with E-state index in [9.17, 15) is 9.59 Å². The fourth-order valence-electron chi connectivity index (χ4n) is 1.87. The number of nitrogens with zero attached hydrogens (tertiary/aromatic N) is 3. The van der Waals surface area contributed by atoms with Crippen LogP contribution in [0.2, 0.25) is 0 Å². The number of hydrogen-bond donors (Lipinski definition) is 3. The molecule has 1 aromatic heterocycles. The first kappa shape index (κ1) is 15.5. The van der Waals surface area contributed by atoms with Crippen molar-refractivity contribution in [2.45, 2.75) is 19.4 Å². The standard InChI is InChI=1S/C14H17N5O3/c20-13(21)10-19-9-12(17-18-19)16-14(22)15-8-4-7-11-5-2-1-3-6-11/h1-3,5-6,9H,4,7-8,10H2,(H,20,21)(H2,15,16,22). The van der Waals surface area contributed by atoms with Crippen LogP contribution < -0.4 is 10.6 Å². The molecule has 0 aliphatic heterocycles. The van der Waals surface area contributed by atoms with Crippen LogP contribution in [0, 0.1) is 0 Å². The molecule has 1 heterocycles. The van der Waals surface area contributed by atoms with Gasteiger partial charge in [-0.05, 0) is 18.4 Å². The van der Waals surface area contributed by atoms with E-state index in [4.69, 9.17) is 5.11 Å². The van der Waals surface area contributed by atoms with Crippen LogP contribution in [-0.2, 0) is 17.8 Å². The Balaban J connectivity index is 1.67. The van der Waals surface area contributed by atoms with Gasteiger partial charge >= 0.3 is 12.0 Å². The van der Waals surface area contributed by atoms with E-state index in [-0.39, 0.29) is 12.4 Å². The minimum atomic E-state index is -1.03. The van der Waals surface area contributed by atoms with Crippen LogP contribution >= 0.6 is 0 Å². The second-order valence-corrected chi connectivity index (χ2v) is 4.67. The highest BCUT2D eigenvalue weighted by molar-refractivity contribution is 5.87. The third-order valence-electron chi connectivity index (χ3n) is 2.85. The second kappa shape index (κ2) is 7.77. The number of benzene rings is 1. The van der Waals surface area contributed by atoms with E-state index in [0.29, 0.717) is 6.54 Å². The molecule has 8 heteroatoms. The second-order valence-electron chi connectivity index (χ2n) is 4.67. The van der Waals surface area contributed by atoms with Gasteiger partial charge in [-0.2, -0.15) is 0 Å². The minimum absolute atomic E-state index is 0.210. The fourth-order valence-corrected chi connectivity index (χ4v) is 1.87. The first-order valence-electron chi connectivity index (χ1n) is 6.84. The van der Waals surface area contributed by atoms with Crippen molar-refractivity contribution in [3.63, 3.8) is 0 Å². The SMILES string of the molecule is O=C(O)Cn1cc(NC(=O)NCCCc2ccccc2)nn1. The van der Waals surface area contributed by atoms with E-state index in [1.54, 1.807) is 0 Å². The van der Waals surface area contributed by atoms with Crippen LogP contribution in [0.15, 0.2) is 36.5 Å². The molecule has 0 saturated carbocycles. The summed E-state index contributed by atoms with van der Waals surface area (Å²) in [5.41, 5.74) is 1.22. The van der Waals surface area contributed by atoms with Gasteiger partial charge in [-0.15, -0.1) is 5.10 Å². The van der Waals surface area contributed by atoms with Gasteiger partial charge in [0, 0.05) is 6.54 Å². The van der Waals surface area contributed by atoms with Gasteiger partial charge in [0.1, 0.15) is 6.54 Å². The Kier molecular flexibility index (Phi) is 5.47. The predicted octanol–water partition coefficient (Wildman–Crippen LogP) is 1.12. The number of carbonyl (C=O) groups is 2. The highest BCUT2D eigenvalue weighted by Crippen LogP contribution is 2.02. The Morgan fingerprint density at radius 2 is 2.00 bits per heavy atom. The molecule has 1 aromatic carbocycles. The highest BCUT2D eigenvalue weighted by Gasteiger charge is 2.07. The Bertz CT molecular complexity index is 626. The Morgan fingerprint density at radius 1 is 1.23 bits per heavy atom. The molecule has 0 aliphatic carbocycles. The molecule has 116 valence electrons. The molecule has 0 unspecified atom stereocenters. The number of carbonyl (C=O) groups excluding carboxylic acids is 1. The summed E-state index contributed by atoms with van der Waals surface area (Å²) < 4.78 is 1.13. The van der Waals surface area contributed by atoms with Crippen molar-refractivity contribution in [2.75, 3.05) is 11.9 Å². The van der Waals surface area contributed by atoms with E-state index in [1.165, 1.54) is 11.8 Å². The van der Waals surface area contributed by atoms with Crippen LogP contribution in [0.3, 0.4) is 0 Å². The molecule has 0 saturated heterocycles. The highest BCUT2D eigenvalue weighted by atomic mass is 16.4. The molecule has 0 bridgehead atoms. The molecule has 0 radical (unpaired) electrons. The van der Waals surface area contributed by atoms with E-state index in [0.717, 1.165) is 17.5 Å².